The van der Waals surface area contributed by atoms with E-state index in [1.54, 1.807) is 0 Å². The maximum Gasteiger partial charge on any atom is 0.0659 e. The fourth-order valence-electron chi connectivity index (χ4n) is 2.94. The van der Waals surface area contributed by atoms with Crippen LogP contribution in [0.3, 0.4) is 0 Å². The van der Waals surface area contributed by atoms with Crippen LogP contribution in [-0.2, 0) is 21.1 Å². The number of hydrogen-bond acceptors (Lipinski definition) is 3. The predicted octanol–water partition coefficient (Wildman–Crippen LogP) is 4.26. The minimum atomic E-state index is 0. The van der Waals surface area contributed by atoms with Crippen LogP contribution in [0.2, 0.25) is 0 Å². The Balaban J connectivity index is 0.000000680. The van der Waals surface area contributed by atoms with E-state index < -0.39 is 0 Å². The molecule has 0 radical (unpaired) electrons. The zero-order chi connectivity index (χ0) is 17.9. The molecule has 2 aliphatic heterocycles. The van der Waals surface area contributed by atoms with Gasteiger partial charge in [-0.25, -0.2) is 9.97 Å². The molecule has 27 heavy (non-hydrogen) atoms. The van der Waals surface area contributed by atoms with Crippen LogP contribution in [0.1, 0.15) is 22.8 Å². The molecule has 3 aromatic heterocycles. The molecular formula is C21H18N4OPt. The molecule has 5 heterocycles. The van der Waals surface area contributed by atoms with Crippen molar-refractivity contribution in [3.8, 4) is 0 Å². The van der Waals surface area contributed by atoms with Crippen LogP contribution in [-0.4, -0.2) is 32.2 Å². The van der Waals surface area contributed by atoms with Gasteiger partial charge in [-0.15, -0.1) is 0 Å². The number of H-pyrrole nitrogens is 2. The summed E-state index contributed by atoms with van der Waals surface area (Å²) in [5, 5.41) is 7.00. The van der Waals surface area contributed by atoms with E-state index in [2.05, 4.69) is 50.3 Å². The van der Waals surface area contributed by atoms with Crippen molar-refractivity contribution >= 4 is 46.4 Å². The van der Waals surface area contributed by atoms with E-state index in [9.17, 15) is 0 Å². The molecular weight excluding hydrogens is 519 g/mol. The van der Waals surface area contributed by atoms with Crippen LogP contribution in [0, 0.1) is 0 Å². The topological polar surface area (TPSA) is 77.6 Å². The van der Waals surface area contributed by atoms with Crippen LogP contribution in [0.4, 0.5) is 0 Å². The number of aromatic amines is 2. The van der Waals surface area contributed by atoms with Crippen molar-refractivity contribution in [2.45, 2.75) is 0 Å². The first kappa shape index (κ1) is 19.0. The van der Waals surface area contributed by atoms with Gasteiger partial charge in [-0.1, -0.05) is 0 Å². The molecule has 0 spiro atoms. The van der Waals surface area contributed by atoms with Crippen LogP contribution in [0.25, 0.3) is 46.4 Å². The molecule has 0 aromatic carbocycles. The van der Waals surface area contributed by atoms with Gasteiger partial charge in [0.15, 0.2) is 0 Å². The Bertz CT molecular complexity index is 1080. The normalized spacial score (nSPS) is 11.5. The fraction of sp³-hybridized carbons (Fsp3) is 0.0476. The SMILES string of the molecule is C1=Cc2cc3ccc(cc4ccc(cc5nc(cc1n2)C=C5)[nH]4)[nH]3.CO.[Pt]. The van der Waals surface area contributed by atoms with Crippen LogP contribution >= 0.6 is 0 Å². The van der Waals surface area contributed by atoms with Gasteiger partial charge in [0.1, 0.15) is 0 Å². The van der Waals surface area contributed by atoms with Gasteiger partial charge in [-0.05, 0) is 72.8 Å². The quantitative estimate of drug-likeness (QED) is 0.276. The summed E-state index contributed by atoms with van der Waals surface area (Å²) in [6, 6.07) is 16.4. The summed E-state index contributed by atoms with van der Waals surface area (Å²) in [6.07, 6.45) is 8.05. The van der Waals surface area contributed by atoms with Crippen molar-refractivity contribution < 1.29 is 26.2 Å². The summed E-state index contributed by atoms with van der Waals surface area (Å²) in [5.41, 5.74) is 7.86. The largest absolute Gasteiger partial charge is 0.400 e. The molecule has 0 saturated carbocycles. The summed E-state index contributed by atoms with van der Waals surface area (Å²) < 4.78 is 0. The van der Waals surface area contributed by atoms with E-state index in [0.29, 0.717) is 0 Å². The molecule has 0 saturated heterocycles. The van der Waals surface area contributed by atoms with Crippen molar-refractivity contribution in [2.75, 3.05) is 7.11 Å². The summed E-state index contributed by atoms with van der Waals surface area (Å²) in [6.45, 7) is 0. The second-order valence-corrected chi connectivity index (χ2v) is 5.91. The van der Waals surface area contributed by atoms with E-state index in [1.165, 1.54) is 0 Å². The predicted molar refractivity (Wildman–Crippen MR) is 107 cm³/mol. The molecule has 5 nitrogen and oxygen atoms in total. The first-order chi connectivity index (χ1) is 12.8. The summed E-state index contributed by atoms with van der Waals surface area (Å²) in [5.74, 6) is 0. The first-order valence-corrected chi connectivity index (χ1v) is 8.29. The molecule has 138 valence electrons. The molecule has 0 aliphatic carbocycles. The Morgan fingerprint density at radius 1 is 0.556 bits per heavy atom. The van der Waals surface area contributed by atoms with Crippen LogP contribution in [0.15, 0.2) is 48.5 Å². The first-order valence-electron chi connectivity index (χ1n) is 8.29. The number of fused-ring (bicyclic) bond motifs is 8. The maximum absolute atomic E-state index is 7.00. The molecule has 8 bridgehead atoms. The number of hydrogen-bond donors (Lipinski definition) is 3. The van der Waals surface area contributed by atoms with E-state index in [-0.39, 0.29) is 21.1 Å². The van der Waals surface area contributed by atoms with Crippen molar-refractivity contribution in [3.05, 3.63) is 71.3 Å². The average Bonchev–Trinajstić information content (AvgIpc) is 3.42. The Kier molecular flexibility index (Phi) is 5.84. The summed E-state index contributed by atoms with van der Waals surface area (Å²) in [7, 11) is 1.00. The molecule has 3 N–H and O–H groups in total. The molecule has 0 atom stereocenters. The summed E-state index contributed by atoms with van der Waals surface area (Å²) in [4.78, 5) is 16.0. The number of nitrogens with zero attached hydrogens (tertiary/aromatic N) is 2. The number of aliphatic hydroxyl groups excluding tert-OH is 1. The summed E-state index contributed by atoms with van der Waals surface area (Å²) >= 11 is 0. The van der Waals surface area contributed by atoms with Crippen LogP contribution < -0.4 is 0 Å². The Morgan fingerprint density at radius 3 is 1.30 bits per heavy atom. The smallest absolute Gasteiger partial charge is 0.0659 e. The second-order valence-electron chi connectivity index (χ2n) is 5.91. The van der Waals surface area contributed by atoms with Gasteiger partial charge in [-0.3, -0.25) is 0 Å². The van der Waals surface area contributed by atoms with E-state index in [1.807, 2.05) is 42.5 Å². The maximum atomic E-state index is 7.00. The third kappa shape index (κ3) is 4.33. The van der Waals surface area contributed by atoms with E-state index in [0.717, 1.165) is 52.0 Å². The molecule has 5 rings (SSSR count). The van der Waals surface area contributed by atoms with Crippen molar-refractivity contribution in [1.29, 1.82) is 0 Å². The van der Waals surface area contributed by atoms with Gasteiger partial charge in [0.25, 0.3) is 0 Å². The van der Waals surface area contributed by atoms with E-state index >= 15 is 0 Å². The van der Waals surface area contributed by atoms with Crippen molar-refractivity contribution in [1.82, 2.24) is 19.9 Å². The number of aromatic nitrogens is 4. The second kappa shape index (κ2) is 8.29. The van der Waals surface area contributed by atoms with Crippen molar-refractivity contribution in [2.24, 2.45) is 0 Å². The Labute approximate surface area is 170 Å². The molecule has 0 amide bonds. The zero-order valence-electron chi connectivity index (χ0n) is 14.6. The Hall–Kier alpha value is -2.75. The fourth-order valence-corrected chi connectivity index (χ4v) is 2.94. The molecule has 6 heteroatoms. The number of nitrogens with one attached hydrogen (secondary N) is 2. The number of aliphatic hydroxyl groups is 1. The standard InChI is InChI=1S/C20H14N4.CH4O.Pt/c1-2-14-10-16-5-6-18(23-16)12-20-8-7-19(24-20)11-17-4-3-15(22-17)9-13(1)21-14;1-2;/h1-12,21-22H;2H,1H3;. The zero-order valence-corrected chi connectivity index (χ0v) is 16.9. The van der Waals surface area contributed by atoms with Gasteiger partial charge in [0.05, 0.1) is 22.8 Å². The van der Waals surface area contributed by atoms with Crippen molar-refractivity contribution in [3.63, 3.8) is 0 Å². The van der Waals surface area contributed by atoms with Gasteiger partial charge < -0.3 is 15.1 Å². The van der Waals surface area contributed by atoms with E-state index in [4.69, 9.17) is 5.11 Å². The van der Waals surface area contributed by atoms with Gasteiger partial charge in [0, 0.05) is 50.2 Å². The number of rotatable bonds is 0. The average molecular weight is 537 g/mol. The molecule has 0 fully saturated rings. The van der Waals surface area contributed by atoms with Gasteiger partial charge in [0.2, 0.25) is 0 Å². The molecule has 3 aromatic rings. The van der Waals surface area contributed by atoms with Gasteiger partial charge in [-0.2, -0.15) is 0 Å². The Morgan fingerprint density at radius 2 is 0.889 bits per heavy atom. The van der Waals surface area contributed by atoms with Crippen LogP contribution in [0.5, 0.6) is 0 Å². The monoisotopic (exact) mass is 537 g/mol. The van der Waals surface area contributed by atoms with Gasteiger partial charge >= 0.3 is 0 Å². The third-order valence-electron chi connectivity index (χ3n) is 4.04. The minimum absolute atomic E-state index is 0. The molecule has 0 unspecified atom stereocenters. The molecule has 2 aliphatic rings. The third-order valence-corrected chi connectivity index (χ3v) is 4.04. The minimum Gasteiger partial charge on any atom is -0.400 e.